The molecule has 1 aromatic carbocycles. The molecule has 0 fully saturated rings. The summed E-state index contributed by atoms with van der Waals surface area (Å²) in [6, 6.07) is 10.3. The summed E-state index contributed by atoms with van der Waals surface area (Å²) in [6.07, 6.45) is 5.43. The van der Waals surface area contributed by atoms with Crippen LogP contribution in [0.4, 0.5) is 8.78 Å². The number of fused-ring (bicyclic) bond motifs is 3. The van der Waals surface area contributed by atoms with Crippen LogP contribution in [0.15, 0.2) is 55.0 Å². The normalized spacial score (nSPS) is 20.2. The van der Waals surface area contributed by atoms with E-state index in [9.17, 15) is 19.0 Å². The predicted octanol–water partition coefficient (Wildman–Crippen LogP) is 4.36. The molecule has 0 saturated heterocycles. The molecule has 5 rings (SSSR count). The van der Waals surface area contributed by atoms with Crippen molar-refractivity contribution < 1.29 is 23.7 Å². The smallest absolute Gasteiger partial charge is 0.387 e. The Labute approximate surface area is 194 Å². The highest BCUT2D eigenvalue weighted by atomic mass is 19.3. The maximum absolute atomic E-state index is 13.1. The second kappa shape index (κ2) is 7.82. The molecule has 34 heavy (non-hydrogen) atoms. The highest BCUT2D eigenvalue weighted by Gasteiger charge is 2.44. The zero-order valence-electron chi connectivity index (χ0n) is 18.9. The average Bonchev–Trinajstić information content (AvgIpc) is 3.28. The Kier molecular flexibility index (Phi) is 5.14. The van der Waals surface area contributed by atoms with Gasteiger partial charge in [-0.2, -0.15) is 8.78 Å². The van der Waals surface area contributed by atoms with Crippen molar-refractivity contribution in [1.29, 1.82) is 0 Å². The van der Waals surface area contributed by atoms with Crippen molar-refractivity contribution in [1.82, 2.24) is 19.4 Å². The van der Waals surface area contributed by atoms with Crippen LogP contribution in [0.3, 0.4) is 0 Å². The van der Waals surface area contributed by atoms with Crippen molar-refractivity contribution in [3.8, 4) is 16.9 Å². The number of benzene rings is 1. The van der Waals surface area contributed by atoms with E-state index in [2.05, 4.69) is 15.0 Å². The number of imidazole rings is 1. The van der Waals surface area contributed by atoms with E-state index in [0.717, 1.165) is 16.8 Å². The van der Waals surface area contributed by atoms with E-state index in [0.29, 0.717) is 22.7 Å². The third kappa shape index (κ3) is 3.80. The van der Waals surface area contributed by atoms with Crippen molar-refractivity contribution in [2.75, 3.05) is 0 Å². The Hall–Kier alpha value is -3.43. The summed E-state index contributed by atoms with van der Waals surface area (Å²) in [5, 5.41) is 21.3. The van der Waals surface area contributed by atoms with Gasteiger partial charge in [0.05, 0.1) is 11.4 Å². The average molecular weight is 466 g/mol. The molecule has 0 bridgehead atoms. The second-order valence-corrected chi connectivity index (χ2v) is 9.29. The molecule has 0 spiro atoms. The van der Waals surface area contributed by atoms with Crippen LogP contribution in [0.5, 0.6) is 5.75 Å². The lowest BCUT2D eigenvalue weighted by atomic mass is 9.93. The van der Waals surface area contributed by atoms with E-state index >= 15 is 0 Å². The van der Waals surface area contributed by atoms with Gasteiger partial charge in [-0.1, -0.05) is 18.2 Å². The van der Waals surface area contributed by atoms with Gasteiger partial charge in [0, 0.05) is 41.2 Å². The molecule has 0 saturated carbocycles. The number of para-hydroxylation sites is 1. The van der Waals surface area contributed by atoms with Gasteiger partial charge in [0.1, 0.15) is 22.6 Å². The number of rotatable bonds is 5. The van der Waals surface area contributed by atoms with E-state index in [1.807, 2.05) is 22.7 Å². The summed E-state index contributed by atoms with van der Waals surface area (Å²) in [5.41, 5.74) is 1.57. The van der Waals surface area contributed by atoms with Crippen molar-refractivity contribution in [2.24, 2.45) is 0 Å². The molecule has 0 aliphatic heterocycles. The monoisotopic (exact) mass is 466 g/mol. The third-order valence-corrected chi connectivity index (χ3v) is 6.14. The molecule has 176 valence electrons. The first kappa shape index (κ1) is 22.4. The quantitative estimate of drug-likeness (QED) is 0.454. The molecular weight excluding hydrogens is 442 g/mol. The Balaban J connectivity index is 1.63. The predicted molar refractivity (Wildman–Crippen MR) is 121 cm³/mol. The summed E-state index contributed by atoms with van der Waals surface area (Å²) >= 11 is 0. The molecule has 9 heteroatoms. The Morgan fingerprint density at radius 1 is 1.12 bits per heavy atom. The Morgan fingerprint density at radius 2 is 1.82 bits per heavy atom. The second-order valence-electron chi connectivity index (χ2n) is 9.29. The van der Waals surface area contributed by atoms with Crippen LogP contribution in [0.25, 0.3) is 16.8 Å². The molecular formula is C25H24F2N4O3. The van der Waals surface area contributed by atoms with Gasteiger partial charge in [0.2, 0.25) is 0 Å². The summed E-state index contributed by atoms with van der Waals surface area (Å²) in [7, 11) is 0. The molecule has 3 heterocycles. The Bertz CT molecular complexity index is 1360. The lowest BCUT2D eigenvalue weighted by Crippen LogP contribution is -2.19. The molecule has 4 aromatic rings. The standard InChI is InChI=1S/C25H24F2N4O3/c1-24(2,32)22-28-11-15(12-29-22)14-8-9-19-30-21-20(31(19)13-14)17(10-25(21,3)33)16-6-4-5-7-18(16)34-23(26)27/h4-9,11-13,17,23,32-33H,10H2,1-3H3/t17-,25?/m1/s1. The molecule has 0 amide bonds. The number of halogens is 2. The van der Waals surface area contributed by atoms with E-state index in [4.69, 9.17) is 4.74 Å². The number of aliphatic hydroxyl groups is 2. The maximum atomic E-state index is 13.1. The first-order valence-corrected chi connectivity index (χ1v) is 10.9. The van der Waals surface area contributed by atoms with E-state index in [-0.39, 0.29) is 12.2 Å². The van der Waals surface area contributed by atoms with Gasteiger partial charge in [-0.3, -0.25) is 0 Å². The number of hydrogen-bond acceptors (Lipinski definition) is 6. The number of ether oxygens (including phenoxy) is 1. The minimum Gasteiger partial charge on any atom is -0.435 e. The van der Waals surface area contributed by atoms with Crippen LogP contribution < -0.4 is 4.74 Å². The summed E-state index contributed by atoms with van der Waals surface area (Å²) < 4.78 is 32.8. The summed E-state index contributed by atoms with van der Waals surface area (Å²) in [6.45, 7) is 1.96. The summed E-state index contributed by atoms with van der Waals surface area (Å²) in [4.78, 5) is 13.2. The van der Waals surface area contributed by atoms with Gasteiger partial charge in [0.25, 0.3) is 0 Å². The number of aromatic nitrogens is 4. The van der Waals surface area contributed by atoms with Crippen LogP contribution >= 0.6 is 0 Å². The lowest BCUT2D eigenvalue weighted by molar-refractivity contribution is -0.0506. The number of pyridine rings is 1. The lowest BCUT2D eigenvalue weighted by Gasteiger charge is -2.20. The molecule has 7 nitrogen and oxygen atoms in total. The van der Waals surface area contributed by atoms with Crippen molar-refractivity contribution in [3.05, 3.63) is 77.8 Å². The van der Waals surface area contributed by atoms with Crippen LogP contribution in [-0.4, -0.2) is 36.2 Å². The minimum absolute atomic E-state index is 0.0767. The molecule has 1 aliphatic rings. The molecule has 0 radical (unpaired) electrons. The fraction of sp³-hybridized carbons (Fsp3) is 0.320. The maximum Gasteiger partial charge on any atom is 0.387 e. The minimum atomic E-state index is -2.96. The van der Waals surface area contributed by atoms with E-state index < -0.39 is 23.7 Å². The first-order chi connectivity index (χ1) is 16.0. The number of hydrogen-bond donors (Lipinski definition) is 2. The van der Waals surface area contributed by atoms with Crippen LogP contribution in [0, 0.1) is 0 Å². The van der Waals surface area contributed by atoms with E-state index in [1.165, 1.54) is 6.07 Å². The molecule has 2 atom stereocenters. The van der Waals surface area contributed by atoms with Gasteiger partial charge >= 0.3 is 6.61 Å². The largest absolute Gasteiger partial charge is 0.435 e. The fourth-order valence-corrected chi connectivity index (χ4v) is 4.58. The fourth-order valence-electron chi connectivity index (χ4n) is 4.58. The zero-order chi connectivity index (χ0) is 24.3. The summed E-state index contributed by atoms with van der Waals surface area (Å²) in [5.74, 6) is -0.0144. The Morgan fingerprint density at radius 3 is 2.50 bits per heavy atom. The topological polar surface area (TPSA) is 92.8 Å². The highest BCUT2D eigenvalue weighted by Crippen LogP contribution is 2.49. The van der Waals surface area contributed by atoms with Crippen molar-refractivity contribution in [2.45, 2.75) is 50.9 Å². The van der Waals surface area contributed by atoms with Gasteiger partial charge in [-0.05, 0) is 45.4 Å². The SMILES string of the molecule is CC(C)(O)c1ncc(-c2ccc3nc4c(n3c2)[C@@H](c2ccccc2OC(F)F)CC4(C)O)cn1. The highest BCUT2D eigenvalue weighted by molar-refractivity contribution is 5.64. The van der Waals surface area contributed by atoms with Gasteiger partial charge in [0.15, 0.2) is 5.82 Å². The molecule has 2 N–H and O–H groups in total. The van der Waals surface area contributed by atoms with Crippen molar-refractivity contribution in [3.63, 3.8) is 0 Å². The van der Waals surface area contributed by atoms with Crippen LogP contribution in [0.1, 0.15) is 55.9 Å². The molecule has 1 aliphatic carbocycles. The van der Waals surface area contributed by atoms with Gasteiger partial charge < -0.3 is 19.4 Å². The number of nitrogens with zero attached hydrogens (tertiary/aromatic N) is 4. The van der Waals surface area contributed by atoms with Gasteiger partial charge in [-0.15, -0.1) is 0 Å². The van der Waals surface area contributed by atoms with Crippen LogP contribution in [0.2, 0.25) is 0 Å². The first-order valence-electron chi connectivity index (χ1n) is 10.9. The zero-order valence-corrected chi connectivity index (χ0v) is 18.9. The molecule has 1 unspecified atom stereocenters. The van der Waals surface area contributed by atoms with Gasteiger partial charge in [-0.25, -0.2) is 15.0 Å². The molecule has 3 aromatic heterocycles. The third-order valence-electron chi connectivity index (χ3n) is 6.14. The van der Waals surface area contributed by atoms with E-state index in [1.54, 1.807) is 51.4 Å². The van der Waals surface area contributed by atoms with Crippen molar-refractivity contribution >= 4 is 5.65 Å². The van der Waals surface area contributed by atoms with Crippen LogP contribution in [-0.2, 0) is 11.2 Å². The number of alkyl halides is 2.